The number of rotatable bonds is 3. The lowest BCUT2D eigenvalue weighted by Gasteiger charge is -2.31. The monoisotopic (exact) mass is 449 g/mol. The average molecular weight is 450 g/mol. The Balaban J connectivity index is 1.39. The van der Waals surface area contributed by atoms with Gasteiger partial charge in [0.15, 0.2) is 0 Å². The van der Waals surface area contributed by atoms with E-state index in [0.717, 1.165) is 41.5 Å². The molecule has 8 nitrogen and oxygen atoms in total. The number of ether oxygens (including phenoxy) is 1. The van der Waals surface area contributed by atoms with Gasteiger partial charge in [-0.15, -0.1) is 0 Å². The molecule has 2 aliphatic carbocycles. The molecule has 1 atom stereocenters. The highest BCUT2D eigenvalue weighted by atomic mass is 32.3. The predicted molar refractivity (Wildman–Crippen MR) is 116 cm³/mol. The van der Waals surface area contributed by atoms with Crippen molar-refractivity contribution in [3.63, 3.8) is 0 Å². The van der Waals surface area contributed by atoms with Gasteiger partial charge in [-0.2, -0.15) is 5.10 Å². The van der Waals surface area contributed by atoms with Crippen LogP contribution in [-0.4, -0.2) is 32.8 Å². The number of carbonyl (C=O) groups is 1. The maximum absolute atomic E-state index is 14.1. The van der Waals surface area contributed by atoms with E-state index in [-0.39, 0.29) is 16.7 Å². The third kappa shape index (κ3) is 3.61. The number of aryl methyl sites for hydroxylation is 1. The van der Waals surface area contributed by atoms with Gasteiger partial charge in [0.25, 0.3) is 0 Å². The van der Waals surface area contributed by atoms with Crippen molar-refractivity contribution in [2.24, 2.45) is 10.6 Å². The number of amides is 2. The van der Waals surface area contributed by atoms with Crippen molar-refractivity contribution >= 4 is 22.0 Å². The maximum Gasteiger partial charge on any atom is 0.330 e. The van der Waals surface area contributed by atoms with Gasteiger partial charge in [0.05, 0.1) is 19.3 Å². The van der Waals surface area contributed by atoms with E-state index in [1.807, 2.05) is 13.8 Å². The quantitative estimate of drug-likeness (QED) is 0.539. The molecular weight excluding hydrogens is 421 g/mol. The topological polar surface area (TPSA) is 111 Å². The van der Waals surface area contributed by atoms with Crippen molar-refractivity contribution in [3.8, 4) is 5.88 Å². The Hall–Kier alpha value is -2.46. The number of nitrogens with zero attached hydrogens (tertiary/aromatic N) is 2. The number of hydrogen-bond donors (Lipinski definition) is 4. The fraction of sp³-hybridized carbons (Fsp3) is 0.524. The predicted octanol–water partition coefficient (Wildman–Crippen LogP) is 2.21. The number of halogens is 1. The van der Waals surface area contributed by atoms with Crippen LogP contribution in [0.2, 0.25) is 0 Å². The number of hydrogen-bond acceptors (Lipinski definition) is 4. The van der Waals surface area contributed by atoms with Crippen molar-refractivity contribution in [2.45, 2.75) is 63.6 Å². The summed E-state index contributed by atoms with van der Waals surface area (Å²) in [5, 5.41) is 13.1. The average Bonchev–Trinajstić information content (AvgIpc) is 3.37. The molecule has 0 fully saturated rings. The lowest BCUT2D eigenvalue weighted by molar-refractivity contribution is 0.0971. The molecule has 31 heavy (non-hydrogen) atoms. The molecule has 2 aromatic rings. The fourth-order valence-electron chi connectivity index (χ4n) is 4.87. The van der Waals surface area contributed by atoms with Gasteiger partial charge in [-0.05, 0) is 41.5 Å². The van der Waals surface area contributed by atoms with Gasteiger partial charge in [0, 0.05) is 34.2 Å². The minimum atomic E-state index is -3.79. The number of nitrogens with two attached hydrogens (primary N) is 1. The molecule has 1 aliphatic heterocycles. The lowest BCUT2D eigenvalue weighted by atomic mass is 9.94. The van der Waals surface area contributed by atoms with Gasteiger partial charge in [0.1, 0.15) is 11.1 Å². The minimum Gasteiger partial charge on any atom is -0.476 e. The summed E-state index contributed by atoms with van der Waals surface area (Å²) in [5.74, 6) is 0.326. The molecular formula is C21H28FN5O3S. The Morgan fingerprint density at radius 2 is 2.13 bits per heavy atom. The van der Waals surface area contributed by atoms with E-state index in [0.29, 0.717) is 31.1 Å². The summed E-state index contributed by atoms with van der Waals surface area (Å²) in [7, 11) is -3.79. The summed E-state index contributed by atoms with van der Waals surface area (Å²) in [6.45, 7) is 5.12. The molecule has 0 radical (unpaired) electrons. The highest BCUT2D eigenvalue weighted by Gasteiger charge is 2.34. The number of benzene rings is 1. The number of carbonyl (C=O) groups excluding carboxylic acids is 1. The summed E-state index contributed by atoms with van der Waals surface area (Å²) < 4.78 is 37.1. The first-order valence-corrected chi connectivity index (χ1v) is 12.4. The molecule has 2 heterocycles. The molecule has 0 saturated heterocycles. The van der Waals surface area contributed by atoms with Gasteiger partial charge in [-0.1, -0.05) is 19.9 Å². The van der Waals surface area contributed by atoms with Crippen LogP contribution in [-0.2, 0) is 42.5 Å². The summed E-state index contributed by atoms with van der Waals surface area (Å²) in [4.78, 5) is 13.0. The molecule has 1 aromatic carbocycles. The maximum atomic E-state index is 14.1. The van der Waals surface area contributed by atoms with Crippen molar-refractivity contribution in [1.82, 2.24) is 14.5 Å². The first kappa shape index (κ1) is 20.4. The first-order valence-electron chi connectivity index (χ1n) is 10.6. The number of alkyl halides is 1. The van der Waals surface area contributed by atoms with Crippen LogP contribution in [0, 0.1) is 5.41 Å². The molecule has 4 N–H and O–H groups in total. The Kier molecular flexibility index (Phi) is 4.63. The molecule has 1 aromatic heterocycles. The van der Waals surface area contributed by atoms with Crippen LogP contribution in [0.25, 0.3) is 0 Å². The fourth-order valence-corrected chi connectivity index (χ4v) is 6.04. The SMILES string of the molecule is CC1(C)COc2c([SH](N)(=O)NC(=O)Nc3c4c(cc5c3CC(F)C5)CCC4)cnn2C1. The second-order valence-electron chi connectivity index (χ2n) is 9.56. The second kappa shape index (κ2) is 7.03. The van der Waals surface area contributed by atoms with E-state index in [9.17, 15) is 13.4 Å². The number of anilines is 1. The van der Waals surface area contributed by atoms with E-state index in [2.05, 4.69) is 21.2 Å². The summed E-state index contributed by atoms with van der Waals surface area (Å²) >= 11 is 0. The normalized spacial score (nSPS) is 21.6. The number of aromatic nitrogens is 2. The molecule has 2 amide bonds. The number of thiol groups is 1. The Morgan fingerprint density at radius 1 is 1.32 bits per heavy atom. The minimum absolute atomic E-state index is 0.109. The zero-order valence-corrected chi connectivity index (χ0v) is 18.6. The highest BCUT2D eigenvalue weighted by Crippen LogP contribution is 2.39. The molecule has 0 bridgehead atoms. The molecule has 3 aliphatic rings. The lowest BCUT2D eigenvalue weighted by Crippen LogP contribution is -2.45. The second-order valence-corrected chi connectivity index (χ2v) is 11.6. The Bertz CT molecular complexity index is 1130. The molecule has 10 heteroatoms. The zero-order chi connectivity index (χ0) is 22.0. The van der Waals surface area contributed by atoms with Gasteiger partial charge in [-0.3, -0.25) is 9.86 Å². The van der Waals surface area contributed by atoms with Crippen molar-refractivity contribution < 1.29 is 18.1 Å². The van der Waals surface area contributed by atoms with Crippen molar-refractivity contribution in [1.29, 1.82) is 0 Å². The van der Waals surface area contributed by atoms with Crippen LogP contribution in [0.5, 0.6) is 5.88 Å². The number of urea groups is 1. The molecule has 0 spiro atoms. The van der Waals surface area contributed by atoms with E-state index >= 15 is 0 Å². The standard InChI is InChI=1S/C21H28FN5O3S/c1-21(2)10-27-19(30-11-21)17(9-24-27)31(23,29)26-20(28)25-18-15-5-3-4-12(15)6-13-7-14(22)8-16(13)18/h6,9,14,31H,3-5,7-8,10-11H2,1-2H3,(H4,23,25,26,28,29). The van der Waals surface area contributed by atoms with E-state index in [1.54, 1.807) is 4.68 Å². The third-order valence-electron chi connectivity index (χ3n) is 6.28. The third-order valence-corrected chi connectivity index (χ3v) is 7.84. The van der Waals surface area contributed by atoms with Crippen LogP contribution >= 0.6 is 0 Å². The molecule has 168 valence electrons. The van der Waals surface area contributed by atoms with Gasteiger partial charge in [-0.25, -0.2) is 18.1 Å². The zero-order valence-electron chi connectivity index (χ0n) is 17.7. The van der Waals surface area contributed by atoms with E-state index < -0.39 is 22.5 Å². The van der Waals surface area contributed by atoms with Crippen LogP contribution in [0.1, 0.15) is 42.5 Å². The van der Waals surface area contributed by atoms with Crippen LogP contribution in [0.15, 0.2) is 17.2 Å². The van der Waals surface area contributed by atoms with E-state index in [4.69, 9.17) is 9.88 Å². The molecule has 5 rings (SSSR count). The smallest absolute Gasteiger partial charge is 0.330 e. The molecule has 1 unspecified atom stereocenters. The summed E-state index contributed by atoms with van der Waals surface area (Å²) in [5.41, 5.74) is 4.52. The first-order chi connectivity index (χ1) is 14.6. The van der Waals surface area contributed by atoms with E-state index in [1.165, 1.54) is 6.20 Å². The van der Waals surface area contributed by atoms with Crippen LogP contribution in [0.3, 0.4) is 0 Å². The van der Waals surface area contributed by atoms with Crippen molar-refractivity contribution in [3.05, 3.63) is 34.5 Å². The summed E-state index contributed by atoms with van der Waals surface area (Å²) in [6.07, 6.45) is 3.84. The van der Waals surface area contributed by atoms with Gasteiger partial charge in [0.2, 0.25) is 5.88 Å². The Morgan fingerprint density at radius 3 is 2.94 bits per heavy atom. The highest BCUT2D eigenvalue weighted by molar-refractivity contribution is 7.99. The van der Waals surface area contributed by atoms with Gasteiger partial charge >= 0.3 is 6.03 Å². The molecule has 0 saturated carbocycles. The van der Waals surface area contributed by atoms with Crippen molar-refractivity contribution in [2.75, 3.05) is 11.9 Å². The number of nitrogens with one attached hydrogen (secondary N) is 2. The van der Waals surface area contributed by atoms with Crippen LogP contribution < -0.4 is 19.9 Å². The summed E-state index contributed by atoms with van der Waals surface area (Å²) in [6, 6.07) is 1.40. The number of fused-ring (bicyclic) bond motifs is 3. The van der Waals surface area contributed by atoms with Gasteiger partial charge < -0.3 is 10.1 Å². The Labute approximate surface area is 181 Å². The largest absolute Gasteiger partial charge is 0.476 e. The van der Waals surface area contributed by atoms with Crippen LogP contribution in [0.4, 0.5) is 14.9 Å².